The number of nitrogens with one attached hydrogen (secondary N) is 1. The Kier molecular flexibility index (Phi) is 6.48. The highest BCUT2D eigenvalue weighted by molar-refractivity contribution is 6.23. The number of hydrogen-bond donors (Lipinski definition) is 1. The molecule has 2 aromatic rings. The smallest absolute Gasteiger partial charge is 0.268 e. The third kappa shape index (κ3) is 4.33. The van der Waals surface area contributed by atoms with Gasteiger partial charge >= 0.3 is 0 Å². The molecule has 1 atom stereocenters. The van der Waals surface area contributed by atoms with Gasteiger partial charge in [0.2, 0.25) is 0 Å². The summed E-state index contributed by atoms with van der Waals surface area (Å²) in [6, 6.07) is 7.28. The fourth-order valence-corrected chi connectivity index (χ4v) is 3.76. The minimum Gasteiger partial charge on any atom is -0.347 e. The number of aromatic nitrogens is 1. The van der Waals surface area contributed by atoms with E-state index in [1.165, 1.54) is 13.0 Å². The Balaban J connectivity index is 1.83. The van der Waals surface area contributed by atoms with Crippen molar-refractivity contribution in [1.29, 1.82) is 0 Å². The second kappa shape index (κ2) is 9.07. The first-order valence-corrected chi connectivity index (χ1v) is 10.2. The van der Waals surface area contributed by atoms with Crippen molar-refractivity contribution in [1.82, 2.24) is 14.8 Å². The van der Waals surface area contributed by atoms with Gasteiger partial charge in [0.1, 0.15) is 11.5 Å². The summed E-state index contributed by atoms with van der Waals surface area (Å²) in [6.07, 6.45) is 2.30. The molecule has 0 bridgehead atoms. The van der Waals surface area contributed by atoms with Crippen molar-refractivity contribution in [3.05, 3.63) is 58.9 Å². The summed E-state index contributed by atoms with van der Waals surface area (Å²) in [6.45, 7) is 3.09. The van der Waals surface area contributed by atoms with E-state index in [-0.39, 0.29) is 48.0 Å². The monoisotopic (exact) mass is 423 g/mol. The molecule has 0 aliphatic carbocycles. The molecule has 2 heterocycles. The summed E-state index contributed by atoms with van der Waals surface area (Å²) in [4.78, 5) is 63.4. The summed E-state index contributed by atoms with van der Waals surface area (Å²) < 4.78 is 1.68. The lowest BCUT2D eigenvalue weighted by Crippen LogP contribution is -2.44. The van der Waals surface area contributed by atoms with Gasteiger partial charge in [0.15, 0.2) is 5.78 Å². The van der Waals surface area contributed by atoms with Crippen LogP contribution < -0.4 is 5.32 Å². The first kappa shape index (κ1) is 22.1. The Bertz CT molecular complexity index is 1070. The number of imide groups is 1. The van der Waals surface area contributed by atoms with Crippen LogP contribution in [0.3, 0.4) is 0 Å². The van der Waals surface area contributed by atoms with E-state index in [2.05, 4.69) is 5.32 Å². The molecule has 0 saturated carbocycles. The molecule has 1 aliphatic heterocycles. The van der Waals surface area contributed by atoms with Crippen LogP contribution in [0.2, 0.25) is 0 Å². The molecule has 1 aromatic carbocycles. The molecule has 8 heteroatoms. The number of fused-ring (bicyclic) bond motifs is 1. The third-order valence-electron chi connectivity index (χ3n) is 5.52. The van der Waals surface area contributed by atoms with Crippen molar-refractivity contribution in [3.8, 4) is 0 Å². The minimum absolute atomic E-state index is 0.0352. The molecule has 8 nitrogen and oxygen atoms in total. The standard InChI is InChI=1S/C23H25N3O5/c1-4-16(28)10-11-18(14(2)27)26-22(30)17-8-5-7-15(20(17)23(26)31)13-24-21(29)19-9-6-12-25(19)3/h5-9,12,18H,4,10-11,13H2,1-3H3,(H,24,29). The molecule has 1 N–H and O–H groups in total. The van der Waals surface area contributed by atoms with Crippen LogP contribution in [0.25, 0.3) is 0 Å². The fourth-order valence-electron chi connectivity index (χ4n) is 3.76. The summed E-state index contributed by atoms with van der Waals surface area (Å²) in [5.74, 6) is -1.82. The Morgan fingerprint density at radius 2 is 1.81 bits per heavy atom. The predicted molar refractivity (Wildman–Crippen MR) is 113 cm³/mol. The molecular weight excluding hydrogens is 398 g/mol. The predicted octanol–water partition coefficient (Wildman–Crippen LogP) is 2.27. The molecule has 3 amide bonds. The summed E-state index contributed by atoms with van der Waals surface area (Å²) in [5, 5.41) is 2.77. The van der Waals surface area contributed by atoms with Crippen molar-refractivity contribution < 1.29 is 24.0 Å². The van der Waals surface area contributed by atoms with Gasteiger partial charge in [0.05, 0.1) is 17.2 Å². The molecule has 3 rings (SSSR count). The number of benzene rings is 1. The molecular formula is C23H25N3O5. The van der Waals surface area contributed by atoms with E-state index in [1.54, 1.807) is 49.0 Å². The maximum absolute atomic E-state index is 13.2. The average molecular weight is 423 g/mol. The molecule has 0 spiro atoms. The van der Waals surface area contributed by atoms with E-state index in [0.29, 0.717) is 17.7 Å². The highest BCUT2D eigenvalue weighted by Crippen LogP contribution is 2.29. The van der Waals surface area contributed by atoms with Gasteiger partial charge in [-0.25, -0.2) is 0 Å². The zero-order valence-electron chi connectivity index (χ0n) is 17.8. The Morgan fingerprint density at radius 1 is 1.06 bits per heavy atom. The zero-order valence-corrected chi connectivity index (χ0v) is 17.8. The van der Waals surface area contributed by atoms with Crippen LogP contribution in [0.1, 0.15) is 69.9 Å². The fraction of sp³-hybridized carbons (Fsp3) is 0.348. The summed E-state index contributed by atoms with van der Waals surface area (Å²) in [5.41, 5.74) is 1.35. The number of hydrogen-bond acceptors (Lipinski definition) is 5. The average Bonchev–Trinajstić information content (AvgIpc) is 3.28. The van der Waals surface area contributed by atoms with Gasteiger partial charge in [0, 0.05) is 32.6 Å². The van der Waals surface area contributed by atoms with Crippen LogP contribution in [-0.2, 0) is 23.2 Å². The van der Waals surface area contributed by atoms with E-state index in [4.69, 9.17) is 0 Å². The molecule has 1 aliphatic rings. The number of carbonyl (C=O) groups is 5. The number of nitrogens with zero attached hydrogens (tertiary/aromatic N) is 2. The highest BCUT2D eigenvalue weighted by Gasteiger charge is 2.42. The SMILES string of the molecule is CCC(=O)CCC(C(C)=O)N1C(=O)c2cccc(CNC(=O)c3cccn3C)c2C1=O. The van der Waals surface area contributed by atoms with E-state index < -0.39 is 17.9 Å². The van der Waals surface area contributed by atoms with Crippen LogP contribution in [0.4, 0.5) is 0 Å². The normalized spacial score (nSPS) is 13.8. The third-order valence-corrected chi connectivity index (χ3v) is 5.52. The van der Waals surface area contributed by atoms with Crippen LogP contribution in [-0.4, -0.2) is 44.8 Å². The van der Waals surface area contributed by atoms with Crippen molar-refractivity contribution >= 4 is 29.3 Å². The number of ketones is 2. The van der Waals surface area contributed by atoms with E-state index in [9.17, 15) is 24.0 Å². The lowest BCUT2D eigenvalue weighted by molar-refractivity contribution is -0.122. The summed E-state index contributed by atoms with van der Waals surface area (Å²) in [7, 11) is 1.75. The van der Waals surface area contributed by atoms with Gasteiger partial charge < -0.3 is 9.88 Å². The van der Waals surface area contributed by atoms with Crippen LogP contribution in [0, 0.1) is 0 Å². The molecule has 31 heavy (non-hydrogen) atoms. The lowest BCUT2D eigenvalue weighted by atomic mass is 10.0. The van der Waals surface area contributed by atoms with E-state index in [0.717, 1.165) is 4.90 Å². The van der Waals surface area contributed by atoms with Gasteiger partial charge in [-0.3, -0.25) is 28.9 Å². The van der Waals surface area contributed by atoms with Crippen LogP contribution in [0.15, 0.2) is 36.5 Å². The van der Waals surface area contributed by atoms with Gasteiger partial charge in [-0.05, 0) is 37.1 Å². The molecule has 0 radical (unpaired) electrons. The van der Waals surface area contributed by atoms with Gasteiger partial charge in [-0.15, -0.1) is 0 Å². The molecule has 0 fully saturated rings. The Labute approximate surface area is 180 Å². The first-order chi connectivity index (χ1) is 14.8. The number of carbonyl (C=O) groups excluding carboxylic acids is 5. The van der Waals surface area contributed by atoms with Gasteiger partial charge in [0.25, 0.3) is 17.7 Å². The van der Waals surface area contributed by atoms with E-state index >= 15 is 0 Å². The minimum atomic E-state index is -0.992. The van der Waals surface area contributed by atoms with Crippen molar-refractivity contribution in [2.75, 3.05) is 0 Å². The second-order valence-electron chi connectivity index (χ2n) is 7.56. The van der Waals surface area contributed by atoms with Crippen LogP contribution >= 0.6 is 0 Å². The quantitative estimate of drug-likeness (QED) is 0.623. The number of amides is 3. The molecule has 1 unspecified atom stereocenters. The van der Waals surface area contributed by atoms with Gasteiger partial charge in [-0.2, -0.15) is 0 Å². The van der Waals surface area contributed by atoms with Crippen molar-refractivity contribution in [2.45, 2.75) is 45.7 Å². The molecule has 1 aromatic heterocycles. The zero-order chi connectivity index (χ0) is 22.7. The lowest BCUT2D eigenvalue weighted by Gasteiger charge is -2.23. The maximum Gasteiger partial charge on any atom is 0.268 e. The van der Waals surface area contributed by atoms with Crippen molar-refractivity contribution in [3.63, 3.8) is 0 Å². The second-order valence-corrected chi connectivity index (χ2v) is 7.56. The molecule has 162 valence electrons. The summed E-state index contributed by atoms with van der Waals surface area (Å²) >= 11 is 0. The largest absolute Gasteiger partial charge is 0.347 e. The number of rotatable bonds is 9. The van der Waals surface area contributed by atoms with Gasteiger partial charge in [-0.1, -0.05) is 19.1 Å². The number of Topliss-reactive ketones (excluding diaryl/α,β-unsaturated/α-hetero) is 2. The van der Waals surface area contributed by atoms with Crippen LogP contribution in [0.5, 0.6) is 0 Å². The number of aryl methyl sites for hydroxylation is 1. The van der Waals surface area contributed by atoms with Crippen molar-refractivity contribution in [2.24, 2.45) is 7.05 Å². The maximum atomic E-state index is 13.2. The Morgan fingerprint density at radius 3 is 2.42 bits per heavy atom. The highest BCUT2D eigenvalue weighted by atomic mass is 16.2. The van der Waals surface area contributed by atoms with E-state index in [1.807, 2.05) is 0 Å². The Hall–Kier alpha value is -3.55. The molecule has 0 saturated heterocycles. The topological polar surface area (TPSA) is 106 Å². The first-order valence-electron chi connectivity index (χ1n) is 10.2.